The summed E-state index contributed by atoms with van der Waals surface area (Å²) in [6, 6.07) is 0. The second-order valence-electron chi connectivity index (χ2n) is 19.1. The Balaban J connectivity index is 1.09. The summed E-state index contributed by atoms with van der Waals surface area (Å²) in [5.74, 6) is 5.49. The van der Waals surface area contributed by atoms with Crippen molar-refractivity contribution >= 4 is 5.97 Å². The second kappa shape index (κ2) is 21.0. The van der Waals surface area contributed by atoms with E-state index in [1.54, 1.807) is 5.57 Å². The first kappa shape index (κ1) is 41.7. The lowest BCUT2D eigenvalue weighted by atomic mass is 9.47. The van der Waals surface area contributed by atoms with Crippen molar-refractivity contribution in [3.8, 4) is 0 Å². The Morgan fingerprint density at radius 3 is 1.90 bits per heavy atom. The van der Waals surface area contributed by atoms with Gasteiger partial charge in [0.25, 0.3) is 0 Å². The first-order valence-electron chi connectivity index (χ1n) is 22.7. The molecule has 0 saturated heterocycles. The zero-order valence-corrected chi connectivity index (χ0v) is 34.6. The van der Waals surface area contributed by atoms with Crippen LogP contribution in [0.1, 0.15) is 215 Å². The molecule has 0 aromatic rings. The average Bonchev–Trinajstić information content (AvgIpc) is 3.45. The van der Waals surface area contributed by atoms with Crippen molar-refractivity contribution in [1.82, 2.24) is 0 Å². The molecule has 3 saturated carbocycles. The van der Waals surface area contributed by atoms with Crippen LogP contribution in [0, 0.1) is 52.3 Å². The van der Waals surface area contributed by atoms with E-state index in [9.17, 15) is 4.79 Å². The highest BCUT2D eigenvalue weighted by atomic mass is 16.5. The third-order valence-electron chi connectivity index (χ3n) is 15.3. The predicted molar refractivity (Wildman–Crippen MR) is 216 cm³/mol. The van der Waals surface area contributed by atoms with E-state index in [2.05, 4.69) is 66.7 Å². The van der Waals surface area contributed by atoms with Crippen LogP contribution in [0.4, 0.5) is 0 Å². The molecule has 0 N–H and O–H groups in total. The molecule has 0 aliphatic heterocycles. The van der Waals surface area contributed by atoms with E-state index in [0.29, 0.717) is 29.1 Å². The average molecular weight is 693 g/mol. The maximum absolute atomic E-state index is 12.9. The van der Waals surface area contributed by atoms with Gasteiger partial charge in [0.05, 0.1) is 0 Å². The first-order valence-corrected chi connectivity index (χ1v) is 22.7. The van der Waals surface area contributed by atoms with Gasteiger partial charge < -0.3 is 4.74 Å². The van der Waals surface area contributed by atoms with Gasteiger partial charge in [0.1, 0.15) is 6.10 Å². The number of rotatable bonds is 23. The highest BCUT2D eigenvalue weighted by Gasteiger charge is 2.59. The number of allylic oxidation sites excluding steroid dienone is 3. The molecule has 4 aliphatic rings. The zero-order valence-electron chi connectivity index (χ0n) is 34.6. The SMILES string of the molecule is CCCCCCCCCCCCCCCCCCCC(=O)OC1CCC2(C)C(=CCC3C2CCC2(C)C(C(C)/C=C/C(C)C(C)C)CCC32)C1. The molecule has 4 rings (SSSR count). The van der Waals surface area contributed by atoms with Gasteiger partial charge in [-0.2, -0.15) is 0 Å². The van der Waals surface area contributed by atoms with E-state index in [1.807, 2.05) is 0 Å². The van der Waals surface area contributed by atoms with E-state index in [0.717, 1.165) is 48.9 Å². The fourth-order valence-corrected chi connectivity index (χ4v) is 11.6. The number of ether oxygens (including phenoxy) is 1. The Hall–Kier alpha value is -1.05. The standard InChI is InChI=1S/C48H84O2/c1-8-9-10-11-12-13-14-15-16-17-18-19-20-21-22-23-24-25-46(49)50-41-32-34-47(6)40(36-41)28-29-42-44-31-30-43(48(44,7)35-33-45(42)47)39(5)27-26-38(4)37(2)3/h26-28,37-39,41-45H,8-25,29-36H2,1-7H3/b27-26+. The van der Waals surface area contributed by atoms with Crippen LogP contribution in [-0.4, -0.2) is 12.1 Å². The maximum Gasteiger partial charge on any atom is 0.306 e. The van der Waals surface area contributed by atoms with Crippen LogP contribution in [0.25, 0.3) is 0 Å². The summed E-state index contributed by atoms with van der Waals surface area (Å²) in [4.78, 5) is 12.9. The molecule has 288 valence electrons. The Bertz CT molecular complexity index is 1040. The van der Waals surface area contributed by atoms with Crippen molar-refractivity contribution < 1.29 is 9.53 Å². The van der Waals surface area contributed by atoms with Crippen molar-refractivity contribution in [3.05, 3.63) is 23.8 Å². The number of hydrogen-bond acceptors (Lipinski definition) is 2. The molecule has 0 spiro atoms. The van der Waals surface area contributed by atoms with Gasteiger partial charge in [0.2, 0.25) is 0 Å². The fourth-order valence-electron chi connectivity index (χ4n) is 11.6. The summed E-state index contributed by atoms with van der Waals surface area (Å²) >= 11 is 0. The van der Waals surface area contributed by atoms with Crippen molar-refractivity contribution in [2.45, 2.75) is 222 Å². The van der Waals surface area contributed by atoms with Gasteiger partial charge in [-0.15, -0.1) is 0 Å². The molecule has 2 heteroatoms. The van der Waals surface area contributed by atoms with Crippen LogP contribution in [0.2, 0.25) is 0 Å². The number of carbonyl (C=O) groups is 1. The molecule has 0 bridgehead atoms. The Kier molecular flexibility index (Phi) is 17.5. The van der Waals surface area contributed by atoms with Gasteiger partial charge in [-0.05, 0) is 104 Å². The third-order valence-corrected chi connectivity index (χ3v) is 15.3. The van der Waals surface area contributed by atoms with Crippen LogP contribution in [-0.2, 0) is 9.53 Å². The zero-order chi connectivity index (χ0) is 36.0. The highest BCUT2D eigenvalue weighted by molar-refractivity contribution is 5.69. The topological polar surface area (TPSA) is 26.3 Å². The third kappa shape index (κ3) is 11.5. The van der Waals surface area contributed by atoms with Gasteiger partial charge in [0, 0.05) is 12.8 Å². The molecule has 0 aromatic carbocycles. The molecular weight excluding hydrogens is 609 g/mol. The van der Waals surface area contributed by atoms with E-state index in [4.69, 9.17) is 4.74 Å². The summed E-state index contributed by atoms with van der Waals surface area (Å²) in [6.07, 6.45) is 41.9. The van der Waals surface area contributed by atoms with Gasteiger partial charge >= 0.3 is 5.97 Å². The maximum atomic E-state index is 12.9. The molecule has 9 atom stereocenters. The summed E-state index contributed by atoms with van der Waals surface area (Å²) < 4.78 is 6.14. The quantitative estimate of drug-likeness (QED) is 0.0605. The Labute approximate surface area is 312 Å². The molecule has 50 heavy (non-hydrogen) atoms. The van der Waals surface area contributed by atoms with Crippen molar-refractivity contribution in [1.29, 1.82) is 0 Å². The molecule has 0 heterocycles. The largest absolute Gasteiger partial charge is 0.462 e. The molecule has 3 fully saturated rings. The summed E-state index contributed by atoms with van der Waals surface area (Å²) in [6.45, 7) is 17.2. The van der Waals surface area contributed by atoms with Crippen LogP contribution in [0.5, 0.6) is 0 Å². The summed E-state index contributed by atoms with van der Waals surface area (Å²) in [7, 11) is 0. The lowest BCUT2D eigenvalue weighted by molar-refractivity contribution is -0.151. The van der Waals surface area contributed by atoms with Gasteiger partial charge in [0.15, 0.2) is 0 Å². The van der Waals surface area contributed by atoms with E-state index in [-0.39, 0.29) is 12.1 Å². The minimum absolute atomic E-state index is 0.0604. The highest BCUT2D eigenvalue weighted by Crippen LogP contribution is 2.67. The van der Waals surface area contributed by atoms with E-state index >= 15 is 0 Å². The minimum Gasteiger partial charge on any atom is -0.462 e. The van der Waals surface area contributed by atoms with Crippen molar-refractivity contribution in [2.75, 3.05) is 0 Å². The van der Waals surface area contributed by atoms with E-state index < -0.39 is 0 Å². The molecule has 4 aliphatic carbocycles. The monoisotopic (exact) mass is 693 g/mol. The van der Waals surface area contributed by atoms with Gasteiger partial charge in [-0.1, -0.05) is 175 Å². The van der Waals surface area contributed by atoms with E-state index in [1.165, 1.54) is 141 Å². The first-order chi connectivity index (χ1) is 24.1. The Morgan fingerprint density at radius 2 is 1.32 bits per heavy atom. The normalized spacial score (nSPS) is 32.0. The number of carbonyl (C=O) groups excluding carboxylic acids is 1. The minimum atomic E-state index is 0.0604. The summed E-state index contributed by atoms with van der Waals surface area (Å²) in [5, 5.41) is 0. The fraction of sp³-hybridized carbons (Fsp3) is 0.896. The smallest absolute Gasteiger partial charge is 0.306 e. The van der Waals surface area contributed by atoms with Crippen molar-refractivity contribution in [3.63, 3.8) is 0 Å². The molecular formula is C48H84O2. The van der Waals surface area contributed by atoms with Crippen molar-refractivity contribution in [2.24, 2.45) is 52.3 Å². The van der Waals surface area contributed by atoms with Gasteiger partial charge in [-0.3, -0.25) is 4.79 Å². The molecule has 2 nitrogen and oxygen atoms in total. The molecule has 0 radical (unpaired) electrons. The van der Waals surface area contributed by atoms with Crippen LogP contribution in [0.15, 0.2) is 23.8 Å². The molecule has 0 aromatic heterocycles. The van der Waals surface area contributed by atoms with Crippen LogP contribution >= 0.6 is 0 Å². The Morgan fingerprint density at radius 1 is 0.740 bits per heavy atom. The molecule has 0 amide bonds. The van der Waals surface area contributed by atoms with Gasteiger partial charge in [-0.25, -0.2) is 0 Å². The van der Waals surface area contributed by atoms with Crippen LogP contribution < -0.4 is 0 Å². The second-order valence-corrected chi connectivity index (χ2v) is 19.1. The number of hydrogen-bond donors (Lipinski definition) is 0. The van der Waals surface area contributed by atoms with Crippen LogP contribution in [0.3, 0.4) is 0 Å². The number of unbranched alkanes of at least 4 members (excludes halogenated alkanes) is 16. The number of fused-ring (bicyclic) bond motifs is 5. The lowest BCUT2D eigenvalue weighted by Gasteiger charge is -2.58. The summed E-state index contributed by atoms with van der Waals surface area (Å²) in [5.41, 5.74) is 2.45. The predicted octanol–water partition coefficient (Wildman–Crippen LogP) is 15.0. The number of esters is 1. The lowest BCUT2D eigenvalue weighted by Crippen LogP contribution is -2.51. The molecule has 9 unspecified atom stereocenters.